The van der Waals surface area contributed by atoms with Crippen molar-refractivity contribution in [2.24, 2.45) is 0 Å². The molecule has 0 saturated carbocycles. The second-order valence-electron chi connectivity index (χ2n) is 6.38. The summed E-state index contributed by atoms with van der Waals surface area (Å²) in [6.45, 7) is 14.2. The van der Waals surface area contributed by atoms with E-state index in [1.165, 1.54) is 33.4 Å². The van der Waals surface area contributed by atoms with Gasteiger partial charge in [0, 0.05) is 0 Å². The van der Waals surface area contributed by atoms with Crippen LogP contribution in [0.5, 0.6) is 0 Å². The van der Waals surface area contributed by atoms with Gasteiger partial charge in [0.1, 0.15) is 0 Å². The highest BCUT2D eigenvalue weighted by atomic mass is 28.4. The Morgan fingerprint density at radius 2 is 1.78 bits per heavy atom. The van der Waals surface area contributed by atoms with Gasteiger partial charge in [-0.1, -0.05) is 17.7 Å². The van der Waals surface area contributed by atoms with E-state index in [-0.39, 0.29) is 0 Å². The SMILES string of the molecule is CC1=C(C)c2c(CO[Si](C)(C)C)ccc(C)c2C1. The van der Waals surface area contributed by atoms with Crippen LogP contribution in [0, 0.1) is 6.92 Å². The van der Waals surface area contributed by atoms with Gasteiger partial charge in [-0.15, -0.1) is 0 Å². The molecule has 0 spiro atoms. The van der Waals surface area contributed by atoms with Crippen LogP contribution in [-0.2, 0) is 17.5 Å². The predicted molar refractivity (Wildman–Crippen MR) is 81.3 cm³/mol. The lowest BCUT2D eigenvalue weighted by Crippen LogP contribution is -2.25. The smallest absolute Gasteiger partial charge is 0.184 e. The van der Waals surface area contributed by atoms with Crippen LogP contribution in [0.2, 0.25) is 19.6 Å². The number of allylic oxidation sites excluding steroid dienone is 2. The molecule has 98 valence electrons. The fourth-order valence-electron chi connectivity index (χ4n) is 2.52. The molecule has 0 atom stereocenters. The van der Waals surface area contributed by atoms with Crippen LogP contribution in [0.25, 0.3) is 5.57 Å². The summed E-state index contributed by atoms with van der Waals surface area (Å²) < 4.78 is 6.08. The van der Waals surface area contributed by atoms with E-state index in [0.717, 1.165) is 13.0 Å². The average molecular weight is 260 g/mol. The minimum Gasteiger partial charge on any atom is -0.413 e. The Bertz CT molecular complexity index is 507. The van der Waals surface area contributed by atoms with Gasteiger partial charge in [0.15, 0.2) is 8.32 Å². The molecule has 18 heavy (non-hydrogen) atoms. The monoisotopic (exact) mass is 260 g/mol. The topological polar surface area (TPSA) is 9.23 Å². The second kappa shape index (κ2) is 4.67. The van der Waals surface area contributed by atoms with Gasteiger partial charge in [-0.25, -0.2) is 0 Å². The zero-order valence-corrected chi connectivity index (χ0v) is 13.5. The van der Waals surface area contributed by atoms with Gasteiger partial charge in [-0.05, 0) is 74.7 Å². The van der Waals surface area contributed by atoms with Crippen molar-refractivity contribution in [3.8, 4) is 0 Å². The number of benzene rings is 1. The van der Waals surface area contributed by atoms with Gasteiger partial charge in [0.05, 0.1) is 6.61 Å². The van der Waals surface area contributed by atoms with Crippen molar-refractivity contribution in [3.05, 3.63) is 40.0 Å². The molecular formula is C16H24OSi. The highest BCUT2D eigenvalue weighted by Crippen LogP contribution is 2.37. The average Bonchev–Trinajstić information content (AvgIpc) is 2.55. The molecule has 2 rings (SSSR count). The lowest BCUT2D eigenvalue weighted by molar-refractivity contribution is 0.299. The molecule has 0 heterocycles. The Hall–Kier alpha value is -0.863. The molecule has 2 heteroatoms. The number of hydrogen-bond donors (Lipinski definition) is 0. The van der Waals surface area contributed by atoms with Gasteiger partial charge in [0.25, 0.3) is 0 Å². The maximum Gasteiger partial charge on any atom is 0.184 e. The first-order chi connectivity index (χ1) is 8.29. The van der Waals surface area contributed by atoms with E-state index in [2.05, 4.69) is 52.5 Å². The first-order valence-corrected chi connectivity index (χ1v) is 10.1. The molecule has 0 radical (unpaired) electrons. The van der Waals surface area contributed by atoms with Crippen molar-refractivity contribution < 1.29 is 4.43 Å². The van der Waals surface area contributed by atoms with Crippen LogP contribution in [0.3, 0.4) is 0 Å². The summed E-state index contributed by atoms with van der Waals surface area (Å²) in [5, 5.41) is 0. The van der Waals surface area contributed by atoms with Crippen molar-refractivity contribution in [1.82, 2.24) is 0 Å². The van der Waals surface area contributed by atoms with E-state index in [1.54, 1.807) is 0 Å². The van der Waals surface area contributed by atoms with Crippen LogP contribution in [0.4, 0.5) is 0 Å². The molecule has 0 saturated heterocycles. The number of aryl methyl sites for hydroxylation is 1. The van der Waals surface area contributed by atoms with Crippen molar-refractivity contribution in [2.75, 3.05) is 0 Å². The van der Waals surface area contributed by atoms with Gasteiger partial charge in [-0.2, -0.15) is 0 Å². The van der Waals surface area contributed by atoms with E-state index in [9.17, 15) is 0 Å². The minimum atomic E-state index is -1.44. The van der Waals surface area contributed by atoms with Crippen molar-refractivity contribution in [1.29, 1.82) is 0 Å². The first kappa shape index (κ1) is 13.6. The minimum absolute atomic E-state index is 0.767. The lowest BCUT2D eigenvalue weighted by Gasteiger charge is -2.19. The van der Waals surface area contributed by atoms with E-state index < -0.39 is 8.32 Å². The fourth-order valence-corrected chi connectivity index (χ4v) is 3.11. The Morgan fingerprint density at radius 3 is 2.39 bits per heavy atom. The van der Waals surface area contributed by atoms with Crippen molar-refractivity contribution in [3.63, 3.8) is 0 Å². The number of hydrogen-bond acceptors (Lipinski definition) is 1. The molecule has 0 aliphatic heterocycles. The molecule has 1 aliphatic rings. The molecule has 0 N–H and O–H groups in total. The zero-order valence-electron chi connectivity index (χ0n) is 12.5. The van der Waals surface area contributed by atoms with Crippen LogP contribution in [-0.4, -0.2) is 8.32 Å². The quantitative estimate of drug-likeness (QED) is 0.716. The van der Waals surface area contributed by atoms with Crippen LogP contribution >= 0.6 is 0 Å². The molecule has 0 unspecified atom stereocenters. The number of fused-ring (bicyclic) bond motifs is 1. The molecule has 1 aromatic rings. The molecule has 1 aliphatic carbocycles. The number of rotatable bonds is 3. The van der Waals surface area contributed by atoms with E-state index in [1.807, 2.05) is 0 Å². The molecule has 1 aromatic carbocycles. The van der Waals surface area contributed by atoms with Crippen LogP contribution < -0.4 is 0 Å². The Balaban J connectivity index is 2.37. The molecule has 1 nitrogen and oxygen atoms in total. The summed E-state index contributed by atoms with van der Waals surface area (Å²) in [6.07, 6.45) is 1.12. The zero-order chi connectivity index (χ0) is 13.5. The standard InChI is InChI=1S/C16H24OSi/c1-11-7-8-14(10-17-18(4,5)6)16-13(3)12(2)9-15(11)16/h7-8H,9-10H2,1-6H3. The van der Waals surface area contributed by atoms with E-state index in [0.29, 0.717) is 0 Å². The molecule has 0 bridgehead atoms. The molecular weight excluding hydrogens is 236 g/mol. The van der Waals surface area contributed by atoms with Crippen LogP contribution in [0.15, 0.2) is 17.7 Å². The molecule has 0 fully saturated rings. The normalized spacial score (nSPS) is 15.2. The Labute approximate surface area is 112 Å². The molecule has 0 aromatic heterocycles. The summed E-state index contributed by atoms with van der Waals surface area (Å²) in [4.78, 5) is 0. The first-order valence-electron chi connectivity index (χ1n) is 6.71. The van der Waals surface area contributed by atoms with Crippen molar-refractivity contribution in [2.45, 2.75) is 53.4 Å². The highest BCUT2D eigenvalue weighted by Gasteiger charge is 2.22. The maximum absolute atomic E-state index is 6.08. The van der Waals surface area contributed by atoms with E-state index in [4.69, 9.17) is 4.43 Å². The maximum atomic E-state index is 6.08. The Kier molecular flexibility index (Phi) is 3.52. The van der Waals surface area contributed by atoms with Gasteiger partial charge in [0.2, 0.25) is 0 Å². The summed E-state index contributed by atoms with van der Waals surface area (Å²) in [5.74, 6) is 0. The third-order valence-corrected chi connectivity index (χ3v) is 4.76. The second-order valence-corrected chi connectivity index (χ2v) is 10.9. The highest BCUT2D eigenvalue weighted by molar-refractivity contribution is 6.69. The summed E-state index contributed by atoms with van der Waals surface area (Å²) in [7, 11) is -1.44. The van der Waals surface area contributed by atoms with Gasteiger partial charge >= 0.3 is 0 Å². The van der Waals surface area contributed by atoms with E-state index >= 15 is 0 Å². The summed E-state index contributed by atoms with van der Waals surface area (Å²) >= 11 is 0. The summed E-state index contributed by atoms with van der Waals surface area (Å²) in [5.41, 5.74) is 8.73. The van der Waals surface area contributed by atoms with Crippen LogP contribution in [0.1, 0.15) is 36.1 Å². The summed E-state index contributed by atoms with van der Waals surface area (Å²) in [6, 6.07) is 4.49. The van der Waals surface area contributed by atoms with Crippen molar-refractivity contribution >= 4 is 13.9 Å². The van der Waals surface area contributed by atoms with Gasteiger partial charge in [-0.3, -0.25) is 0 Å². The third-order valence-electron chi connectivity index (χ3n) is 3.75. The van der Waals surface area contributed by atoms with Gasteiger partial charge < -0.3 is 4.43 Å². The fraction of sp³-hybridized carbons (Fsp3) is 0.500. The third kappa shape index (κ3) is 2.60. The lowest BCUT2D eigenvalue weighted by atomic mass is 9.96. The Morgan fingerprint density at radius 1 is 1.11 bits per heavy atom. The largest absolute Gasteiger partial charge is 0.413 e. The molecule has 0 amide bonds. The predicted octanol–water partition coefficient (Wildman–Crippen LogP) is 4.70.